The maximum Gasteiger partial charge on any atom is 0.255 e. The van der Waals surface area contributed by atoms with Crippen molar-refractivity contribution >= 4 is 28.9 Å². The molecule has 4 aliphatic carbocycles. The number of ether oxygens (including phenoxy) is 1. The summed E-state index contributed by atoms with van der Waals surface area (Å²) in [6.45, 7) is 4.03. The highest BCUT2D eigenvalue weighted by Gasteiger charge is 2.68. The zero-order valence-corrected chi connectivity index (χ0v) is 24.8. The zero-order chi connectivity index (χ0) is 30.5. The first-order valence-corrected chi connectivity index (χ1v) is 15.4. The van der Waals surface area contributed by atoms with Gasteiger partial charge in [-0.1, -0.05) is 0 Å². The first-order valence-electron chi connectivity index (χ1n) is 15.4. The number of morpholine rings is 1. The lowest BCUT2D eigenvalue weighted by Crippen LogP contribution is -2.81. The van der Waals surface area contributed by atoms with Crippen LogP contribution in [0.4, 0.5) is 5.69 Å². The minimum Gasteiger partial charge on any atom is -0.379 e. The van der Waals surface area contributed by atoms with Crippen molar-refractivity contribution in [2.24, 2.45) is 5.92 Å². The summed E-state index contributed by atoms with van der Waals surface area (Å²) in [7, 11) is 0. The molecule has 0 radical (unpaired) electrons. The Hall–Kier alpha value is -4.50. The van der Waals surface area contributed by atoms with E-state index in [1.165, 1.54) is 6.20 Å². The summed E-state index contributed by atoms with van der Waals surface area (Å²) in [6.07, 6.45) is 8.51. The number of anilines is 1. The number of nitrogens with one attached hydrogen (secondary N) is 3. The van der Waals surface area contributed by atoms with E-state index in [1.807, 2.05) is 23.1 Å². The molecule has 0 aromatic carbocycles. The molecule has 12 heteroatoms. The molecule has 3 aromatic heterocycles. The van der Waals surface area contributed by atoms with Gasteiger partial charge in [-0.25, -0.2) is 4.52 Å². The summed E-state index contributed by atoms with van der Waals surface area (Å²) in [4.78, 5) is 44.9. The van der Waals surface area contributed by atoms with E-state index < -0.39 is 0 Å². The highest BCUT2D eigenvalue weighted by Crippen LogP contribution is 2.62. The van der Waals surface area contributed by atoms with Crippen molar-refractivity contribution in [3.63, 3.8) is 0 Å². The van der Waals surface area contributed by atoms with Gasteiger partial charge in [0.1, 0.15) is 6.07 Å². The highest BCUT2D eigenvalue weighted by atomic mass is 16.5. The van der Waals surface area contributed by atoms with Gasteiger partial charge >= 0.3 is 0 Å². The fraction of sp³-hybridized carbons (Fsp3) is 0.500. The topological polar surface area (TPSA) is 154 Å². The van der Waals surface area contributed by atoms with Crippen LogP contribution in [0.1, 0.15) is 67.8 Å². The number of carbonyl (C=O) groups is 3. The molecule has 0 atom stereocenters. The first-order chi connectivity index (χ1) is 21.3. The van der Waals surface area contributed by atoms with Gasteiger partial charge in [0.05, 0.1) is 53.1 Å². The van der Waals surface area contributed by atoms with Crippen LogP contribution in [0.15, 0.2) is 36.7 Å². The second kappa shape index (κ2) is 10.9. The van der Waals surface area contributed by atoms with Crippen LogP contribution in [0, 0.1) is 17.2 Å². The normalized spacial score (nSPS) is 27.4. The minimum absolute atomic E-state index is 0.00522. The average Bonchev–Trinajstić information content (AvgIpc) is 3.43. The number of carbonyl (C=O) groups excluding carboxylic acids is 3. The fourth-order valence-corrected chi connectivity index (χ4v) is 7.64. The largest absolute Gasteiger partial charge is 0.379 e. The second-order valence-corrected chi connectivity index (χ2v) is 12.9. The van der Waals surface area contributed by atoms with E-state index in [9.17, 15) is 19.6 Å². The van der Waals surface area contributed by atoms with Gasteiger partial charge in [0, 0.05) is 49.2 Å². The number of amides is 3. The van der Waals surface area contributed by atoms with Crippen molar-refractivity contribution < 1.29 is 19.1 Å². The smallest absolute Gasteiger partial charge is 0.255 e. The zero-order valence-electron chi connectivity index (χ0n) is 24.8. The molecule has 3 aromatic rings. The molecule has 5 fully saturated rings. The van der Waals surface area contributed by atoms with E-state index in [1.54, 1.807) is 23.7 Å². The van der Waals surface area contributed by atoms with Gasteiger partial charge in [-0.05, 0) is 69.2 Å². The SMILES string of the molecule is CC(=O)NC12CC(Nc3cc(-c4ccc5cc(C#N)cnn45)ncc3C(=O)NC3CCC(C(=O)N4CCOCC4)CC3)(C1)C2. The van der Waals surface area contributed by atoms with E-state index in [0.29, 0.717) is 48.8 Å². The van der Waals surface area contributed by atoms with Crippen LogP contribution in [0.2, 0.25) is 0 Å². The van der Waals surface area contributed by atoms with Crippen LogP contribution in [0.3, 0.4) is 0 Å². The molecule has 3 N–H and O–H groups in total. The van der Waals surface area contributed by atoms with Gasteiger partial charge in [-0.15, -0.1) is 0 Å². The van der Waals surface area contributed by atoms with Crippen LogP contribution in [0.25, 0.3) is 16.9 Å². The summed E-state index contributed by atoms with van der Waals surface area (Å²) in [5.74, 6) is -0.0295. The Balaban J connectivity index is 1.09. The predicted octanol–water partition coefficient (Wildman–Crippen LogP) is 2.64. The lowest BCUT2D eigenvalue weighted by Gasteiger charge is -2.70. The van der Waals surface area contributed by atoms with Crippen LogP contribution >= 0.6 is 0 Å². The van der Waals surface area contributed by atoms with E-state index >= 15 is 0 Å². The Bertz CT molecular complexity index is 1660. The summed E-state index contributed by atoms with van der Waals surface area (Å²) in [5, 5.41) is 23.6. The summed E-state index contributed by atoms with van der Waals surface area (Å²) < 4.78 is 7.12. The third-order valence-corrected chi connectivity index (χ3v) is 9.65. The predicted molar refractivity (Wildman–Crippen MR) is 161 cm³/mol. The number of pyridine rings is 1. The van der Waals surface area contributed by atoms with E-state index in [4.69, 9.17) is 4.74 Å². The Labute approximate surface area is 255 Å². The molecular formula is C32H36N8O4. The Morgan fingerprint density at radius 2 is 1.77 bits per heavy atom. The van der Waals surface area contributed by atoms with Crippen LogP contribution in [0.5, 0.6) is 0 Å². The van der Waals surface area contributed by atoms with Crippen molar-refractivity contribution in [2.45, 2.75) is 69.0 Å². The third-order valence-electron chi connectivity index (χ3n) is 9.65. The molecule has 1 saturated heterocycles. The number of hydrogen-bond acceptors (Lipinski definition) is 8. The molecule has 12 nitrogen and oxygen atoms in total. The molecule has 0 spiro atoms. The summed E-state index contributed by atoms with van der Waals surface area (Å²) >= 11 is 0. The maximum atomic E-state index is 13.7. The van der Waals surface area contributed by atoms with Crippen molar-refractivity contribution in [1.29, 1.82) is 5.26 Å². The second-order valence-electron chi connectivity index (χ2n) is 12.9. The number of hydrogen-bond donors (Lipinski definition) is 3. The number of nitrogens with zero attached hydrogens (tertiary/aromatic N) is 5. The van der Waals surface area contributed by atoms with Crippen molar-refractivity contribution in [2.75, 3.05) is 31.6 Å². The molecule has 3 amide bonds. The summed E-state index contributed by atoms with van der Waals surface area (Å²) in [5.41, 5.74) is 3.44. The van der Waals surface area contributed by atoms with Gasteiger partial charge in [-0.3, -0.25) is 19.4 Å². The molecule has 2 bridgehead atoms. The summed E-state index contributed by atoms with van der Waals surface area (Å²) in [6, 6.07) is 9.54. The van der Waals surface area contributed by atoms with Crippen molar-refractivity contribution in [3.05, 3.63) is 47.8 Å². The molecule has 0 unspecified atom stereocenters. The molecule has 8 rings (SSSR count). The Morgan fingerprint density at radius 1 is 1.02 bits per heavy atom. The van der Waals surface area contributed by atoms with Crippen molar-refractivity contribution in [3.8, 4) is 17.5 Å². The number of nitriles is 1. The molecule has 1 aliphatic heterocycles. The van der Waals surface area contributed by atoms with E-state index in [-0.39, 0.29) is 40.8 Å². The highest BCUT2D eigenvalue weighted by molar-refractivity contribution is 6.00. The average molecular weight is 597 g/mol. The Kier molecular flexibility index (Phi) is 7.00. The minimum atomic E-state index is -0.200. The molecule has 4 heterocycles. The molecule has 4 saturated carbocycles. The lowest BCUT2D eigenvalue weighted by atomic mass is 9.44. The molecular weight excluding hydrogens is 560 g/mol. The number of fused-ring (bicyclic) bond motifs is 1. The maximum absolute atomic E-state index is 13.7. The van der Waals surface area contributed by atoms with Crippen LogP contribution in [-0.2, 0) is 14.3 Å². The number of rotatable bonds is 7. The van der Waals surface area contributed by atoms with E-state index in [0.717, 1.165) is 56.2 Å². The van der Waals surface area contributed by atoms with Gasteiger partial charge in [0.25, 0.3) is 5.91 Å². The van der Waals surface area contributed by atoms with Crippen molar-refractivity contribution in [1.82, 2.24) is 30.1 Å². The van der Waals surface area contributed by atoms with Gasteiger partial charge in [0.15, 0.2) is 0 Å². The molecule has 5 aliphatic rings. The fourth-order valence-electron chi connectivity index (χ4n) is 7.64. The molecule has 228 valence electrons. The standard InChI is InChI=1S/C32H36N8O4/c1-20(41)37-31-17-32(18-31,19-31)38-26-13-27(28-7-6-24-12-21(14-33)15-35-40(24)28)34-16-25(26)29(42)36-23-4-2-22(3-5-23)30(43)39-8-10-44-11-9-39/h6-7,12-13,15-16,22-23H,2-5,8-11,17-19H2,1H3,(H,34,38)(H,36,42)(H,37,41). The van der Waals surface area contributed by atoms with Gasteiger partial charge in [-0.2, -0.15) is 10.4 Å². The van der Waals surface area contributed by atoms with E-state index in [2.05, 4.69) is 32.1 Å². The quantitative estimate of drug-likeness (QED) is 0.376. The van der Waals surface area contributed by atoms with Crippen LogP contribution in [-0.4, -0.2) is 80.6 Å². The number of aromatic nitrogens is 3. The monoisotopic (exact) mass is 596 g/mol. The van der Waals surface area contributed by atoms with Gasteiger partial charge < -0.3 is 25.6 Å². The first kappa shape index (κ1) is 28.3. The third kappa shape index (κ3) is 5.15. The van der Waals surface area contributed by atoms with Gasteiger partial charge in [0.2, 0.25) is 11.8 Å². The Morgan fingerprint density at radius 3 is 2.48 bits per heavy atom. The molecule has 44 heavy (non-hydrogen) atoms. The lowest BCUT2D eigenvalue weighted by molar-refractivity contribution is -0.140. The van der Waals surface area contributed by atoms with Crippen LogP contribution < -0.4 is 16.0 Å².